The summed E-state index contributed by atoms with van der Waals surface area (Å²) >= 11 is 0. The zero-order valence-corrected chi connectivity index (χ0v) is 10.7. The molecular weight excluding hydrogens is 212 g/mol. The number of nitrogens with zero attached hydrogens (tertiary/aromatic N) is 1. The molecule has 1 rings (SSSR count). The highest BCUT2D eigenvalue weighted by molar-refractivity contribution is 7.87. The molecule has 2 atom stereocenters. The third-order valence-corrected chi connectivity index (χ3v) is 4.87. The lowest BCUT2D eigenvalue weighted by Gasteiger charge is -2.33. The number of hydrogen-bond donors (Lipinski definition) is 1. The molecule has 0 saturated carbocycles. The minimum Gasteiger partial charge on any atom is -0.199 e. The van der Waals surface area contributed by atoms with Gasteiger partial charge in [0.2, 0.25) is 0 Å². The maximum absolute atomic E-state index is 12.0. The summed E-state index contributed by atoms with van der Waals surface area (Å²) in [4.78, 5) is 0. The fraction of sp³-hybridized carbons (Fsp3) is 1.00. The van der Waals surface area contributed by atoms with Gasteiger partial charge in [-0.15, -0.1) is 0 Å². The maximum Gasteiger partial charge on any atom is 0.279 e. The molecule has 0 spiro atoms. The van der Waals surface area contributed by atoms with Crippen molar-refractivity contribution in [2.24, 2.45) is 0 Å². The summed E-state index contributed by atoms with van der Waals surface area (Å²) in [6.07, 6.45) is 3.91. The summed E-state index contributed by atoms with van der Waals surface area (Å²) in [7, 11) is -3.26. The summed E-state index contributed by atoms with van der Waals surface area (Å²) in [5, 5.41) is 0. The third kappa shape index (κ3) is 3.43. The Kier molecular flexibility index (Phi) is 4.55. The van der Waals surface area contributed by atoms with Crippen molar-refractivity contribution in [1.82, 2.24) is 9.03 Å². The zero-order chi connectivity index (χ0) is 11.5. The normalized spacial score (nSPS) is 26.5. The second kappa shape index (κ2) is 5.27. The molecule has 0 unspecified atom stereocenters. The molecule has 4 nitrogen and oxygen atoms in total. The number of hydrogen-bond acceptors (Lipinski definition) is 2. The van der Waals surface area contributed by atoms with E-state index in [1.54, 1.807) is 4.31 Å². The number of rotatable bonds is 4. The summed E-state index contributed by atoms with van der Waals surface area (Å²) in [5.74, 6) is 0. The van der Waals surface area contributed by atoms with Crippen molar-refractivity contribution in [3.8, 4) is 0 Å². The Morgan fingerprint density at radius 2 is 2.13 bits per heavy atom. The monoisotopic (exact) mass is 234 g/mol. The predicted octanol–water partition coefficient (Wildman–Crippen LogP) is 1.49. The van der Waals surface area contributed by atoms with E-state index in [0.29, 0.717) is 6.54 Å². The van der Waals surface area contributed by atoms with Crippen molar-refractivity contribution in [2.75, 3.05) is 6.54 Å². The summed E-state index contributed by atoms with van der Waals surface area (Å²) in [6, 6.07) is 0.157. The first-order chi connectivity index (χ1) is 6.97. The quantitative estimate of drug-likeness (QED) is 0.801. The van der Waals surface area contributed by atoms with Gasteiger partial charge in [-0.05, 0) is 33.1 Å². The largest absolute Gasteiger partial charge is 0.279 e. The van der Waals surface area contributed by atoms with Crippen LogP contribution in [0, 0.1) is 0 Å². The first-order valence-electron chi connectivity index (χ1n) is 5.76. The van der Waals surface area contributed by atoms with E-state index >= 15 is 0 Å². The van der Waals surface area contributed by atoms with Gasteiger partial charge in [-0.3, -0.25) is 0 Å². The highest BCUT2D eigenvalue weighted by Gasteiger charge is 2.29. The van der Waals surface area contributed by atoms with Gasteiger partial charge >= 0.3 is 0 Å². The molecule has 0 aromatic carbocycles. The van der Waals surface area contributed by atoms with Crippen LogP contribution in [0.3, 0.4) is 0 Å². The van der Waals surface area contributed by atoms with Gasteiger partial charge in [0, 0.05) is 18.6 Å². The SMILES string of the molecule is CC[C@@H](C)NS(=O)(=O)N1CCCC[C@H]1C. The first kappa shape index (κ1) is 12.9. The van der Waals surface area contributed by atoms with Crippen molar-refractivity contribution < 1.29 is 8.42 Å². The van der Waals surface area contributed by atoms with E-state index in [4.69, 9.17) is 0 Å². The average Bonchev–Trinajstić information content (AvgIpc) is 2.17. The van der Waals surface area contributed by atoms with Crippen LogP contribution in [-0.4, -0.2) is 31.4 Å². The molecule has 15 heavy (non-hydrogen) atoms. The molecule has 1 saturated heterocycles. The van der Waals surface area contributed by atoms with Crippen LogP contribution in [0.25, 0.3) is 0 Å². The van der Waals surface area contributed by atoms with Gasteiger partial charge in [-0.1, -0.05) is 13.3 Å². The highest BCUT2D eigenvalue weighted by atomic mass is 32.2. The number of piperidine rings is 1. The molecule has 5 heteroatoms. The molecule has 0 amide bonds. The van der Waals surface area contributed by atoms with Crippen molar-refractivity contribution in [3.05, 3.63) is 0 Å². The molecule has 90 valence electrons. The lowest BCUT2D eigenvalue weighted by molar-refractivity contribution is 0.264. The lowest BCUT2D eigenvalue weighted by atomic mass is 10.1. The molecule has 1 heterocycles. The van der Waals surface area contributed by atoms with Crippen LogP contribution in [0.4, 0.5) is 0 Å². The Labute approximate surface area is 93.2 Å². The van der Waals surface area contributed by atoms with Crippen LogP contribution in [0.2, 0.25) is 0 Å². The number of nitrogens with one attached hydrogen (secondary N) is 1. The Hall–Kier alpha value is -0.130. The van der Waals surface area contributed by atoms with Gasteiger partial charge in [0.25, 0.3) is 10.2 Å². The fourth-order valence-electron chi connectivity index (χ4n) is 1.83. The molecule has 0 aromatic rings. The van der Waals surface area contributed by atoms with Crippen LogP contribution in [0.1, 0.15) is 46.5 Å². The van der Waals surface area contributed by atoms with E-state index in [2.05, 4.69) is 4.72 Å². The van der Waals surface area contributed by atoms with E-state index in [9.17, 15) is 8.42 Å². The minimum atomic E-state index is -3.26. The Bertz CT molecular complexity index is 290. The van der Waals surface area contributed by atoms with Crippen molar-refractivity contribution in [2.45, 2.75) is 58.5 Å². The molecular formula is C10H22N2O2S. The maximum atomic E-state index is 12.0. The molecule has 1 aliphatic rings. The highest BCUT2D eigenvalue weighted by Crippen LogP contribution is 2.19. The molecule has 1 aliphatic heterocycles. The standard InChI is InChI=1S/C10H22N2O2S/c1-4-9(2)11-15(13,14)12-8-6-5-7-10(12)3/h9-11H,4-8H2,1-3H3/t9-,10-/m1/s1. The van der Waals surface area contributed by atoms with Gasteiger partial charge in [0.15, 0.2) is 0 Å². The van der Waals surface area contributed by atoms with E-state index in [1.165, 1.54) is 0 Å². The average molecular weight is 234 g/mol. The molecule has 0 aliphatic carbocycles. The first-order valence-corrected chi connectivity index (χ1v) is 7.20. The van der Waals surface area contributed by atoms with E-state index < -0.39 is 10.2 Å². The van der Waals surface area contributed by atoms with Gasteiger partial charge < -0.3 is 0 Å². The Morgan fingerprint density at radius 1 is 1.47 bits per heavy atom. The lowest BCUT2D eigenvalue weighted by Crippen LogP contribution is -2.49. The zero-order valence-electron chi connectivity index (χ0n) is 9.86. The molecule has 1 N–H and O–H groups in total. The van der Waals surface area contributed by atoms with Crippen LogP contribution in [0.15, 0.2) is 0 Å². The van der Waals surface area contributed by atoms with Crippen molar-refractivity contribution >= 4 is 10.2 Å². The van der Waals surface area contributed by atoms with Crippen molar-refractivity contribution in [3.63, 3.8) is 0 Å². The van der Waals surface area contributed by atoms with E-state index in [0.717, 1.165) is 25.7 Å². The van der Waals surface area contributed by atoms with Gasteiger partial charge in [0.05, 0.1) is 0 Å². The molecule has 0 radical (unpaired) electrons. The third-order valence-electron chi connectivity index (χ3n) is 3.01. The van der Waals surface area contributed by atoms with Crippen molar-refractivity contribution in [1.29, 1.82) is 0 Å². The van der Waals surface area contributed by atoms with E-state index in [1.807, 2.05) is 20.8 Å². The minimum absolute atomic E-state index is 0.0177. The van der Waals surface area contributed by atoms with Crippen LogP contribution >= 0.6 is 0 Å². The molecule has 1 fully saturated rings. The van der Waals surface area contributed by atoms with Gasteiger partial charge in [0.1, 0.15) is 0 Å². The summed E-state index contributed by atoms with van der Waals surface area (Å²) < 4.78 is 28.3. The Morgan fingerprint density at radius 3 is 2.67 bits per heavy atom. The van der Waals surface area contributed by atoms with Crippen LogP contribution in [-0.2, 0) is 10.2 Å². The van der Waals surface area contributed by atoms with E-state index in [-0.39, 0.29) is 12.1 Å². The van der Waals surface area contributed by atoms with Crippen LogP contribution < -0.4 is 4.72 Å². The predicted molar refractivity (Wildman–Crippen MR) is 61.8 cm³/mol. The fourth-order valence-corrected chi connectivity index (χ4v) is 3.59. The van der Waals surface area contributed by atoms with Crippen LogP contribution in [0.5, 0.6) is 0 Å². The molecule has 0 bridgehead atoms. The smallest absolute Gasteiger partial charge is 0.199 e. The summed E-state index contributed by atoms with van der Waals surface area (Å²) in [5.41, 5.74) is 0. The second-order valence-electron chi connectivity index (χ2n) is 4.39. The second-order valence-corrected chi connectivity index (χ2v) is 6.04. The molecule has 0 aromatic heterocycles. The van der Waals surface area contributed by atoms with Gasteiger partial charge in [-0.2, -0.15) is 17.4 Å². The van der Waals surface area contributed by atoms with Gasteiger partial charge in [-0.25, -0.2) is 0 Å². The topological polar surface area (TPSA) is 49.4 Å². The Balaban J connectivity index is 2.67. The summed E-state index contributed by atoms with van der Waals surface area (Å²) in [6.45, 7) is 6.51.